The first-order valence-electron chi connectivity index (χ1n) is 14.4. The van der Waals surface area contributed by atoms with Gasteiger partial charge in [-0.15, -0.1) is 0 Å². The van der Waals surface area contributed by atoms with Gasteiger partial charge in [0, 0.05) is 33.2 Å². The Bertz CT molecular complexity index is 1760. The molecule has 12 nitrogen and oxygen atoms in total. The first-order valence-corrected chi connectivity index (χ1v) is 15.8. The van der Waals surface area contributed by atoms with E-state index in [-0.39, 0.29) is 16.0 Å². The summed E-state index contributed by atoms with van der Waals surface area (Å²) in [5, 5.41) is 4.72. The SMILES string of the molecule is CCCOc1ccc(S(=O)(=O)N2CCN(CC)CC2)cc1-c1nc2c(CCC)nn(-c3cccc(N)n3)c2c(=O)n1C. The topological polar surface area (TPSA) is 141 Å². The third kappa shape index (κ3) is 5.51. The van der Waals surface area contributed by atoms with E-state index in [1.54, 1.807) is 43.4 Å². The number of hydrogen-bond acceptors (Lipinski definition) is 9. The van der Waals surface area contributed by atoms with Gasteiger partial charge in [-0.05, 0) is 49.7 Å². The molecule has 0 unspecified atom stereocenters. The van der Waals surface area contributed by atoms with Crippen molar-refractivity contribution in [2.24, 2.45) is 7.05 Å². The fourth-order valence-corrected chi connectivity index (χ4v) is 6.64. The van der Waals surface area contributed by atoms with Crippen molar-refractivity contribution in [2.75, 3.05) is 45.1 Å². The lowest BCUT2D eigenvalue weighted by atomic mass is 10.1. The standard InChI is InChI=1S/C29H38N8O4S/c1-5-9-22-26-27(37(33-22)25-11-8-10-24(30)31-25)29(38)34(4)28(32-26)21-19-20(12-13-23(21)41-18-6-2)42(39,40)36-16-14-35(7-3)15-17-36/h8,10-13,19H,5-7,9,14-18H2,1-4H3,(H2,30,31). The van der Waals surface area contributed by atoms with Crippen LogP contribution < -0.4 is 16.0 Å². The zero-order valence-electron chi connectivity index (χ0n) is 24.6. The molecule has 0 amide bonds. The third-order valence-electron chi connectivity index (χ3n) is 7.50. The second kappa shape index (κ2) is 12.2. The molecule has 0 saturated carbocycles. The summed E-state index contributed by atoms with van der Waals surface area (Å²) in [5.41, 5.74) is 7.36. The summed E-state index contributed by atoms with van der Waals surface area (Å²) in [7, 11) is -2.17. The Morgan fingerprint density at radius 1 is 1.00 bits per heavy atom. The summed E-state index contributed by atoms with van der Waals surface area (Å²) in [6.45, 7) is 9.59. The van der Waals surface area contributed by atoms with Gasteiger partial charge in [0.25, 0.3) is 5.56 Å². The maximum absolute atomic E-state index is 14.0. The number of sulfonamides is 1. The Balaban J connectivity index is 1.69. The van der Waals surface area contributed by atoms with Gasteiger partial charge in [-0.25, -0.2) is 23.1 Å². The number of hydrogen-bond donors (Lipinski definition) is 1. The number of rotatable bonds is 10. The lowest BCUT2D eigenvalue weighted by Gasteiger charge is -2.33. The predicted octanol–water partition coefficient (Wildman–Crippen LogP) is 2.83. The number of aryl methyl sites for hydroxylation is 1. The van der Waals surface area contributed by atoms with Crippen molar-refractivity contribution in [1.82, 2.24) is 33.5 Å². The molecular weight excluding hydrogens is 556 g/mol. The number of likely N-dealkylation sites (N-methyl/N-ethyl adjacent to an activating group) is 1. The van der Waals surface area contributed by atoms with E-state index in [4.69, 9.17) is 20.6 Å². The van der Waals surface area contributed by atoms with Crippen LogP contribution in [-0.2, 0) is 23.5 Å². The number of benzene rings is 1. The van der Waals surface area contributed by atoms with E-state index < -0.39 is 10.0 Å². The molecule has 224 valence electrons. The number of fused-ring (bicyclic) bond motifs is 1. The van der Waals surface area contributed by atoms with Crippen LogP contribution >= 0.6 is 0 Å². The average molecular weight is 595 g/mol. The number of pyridine rings is 1. The van der Waals surface area contributed by atoms with Crippen molar-refractivity contribution in [3.05, 3.63) is 52.4 Å². The number of ether oxygens (including phenoxy) is 1. The molecule has 0 atom stereocenters. The summed E-state index contributed by atoms with van der Waals surface area (Å²) in [6, 6.07) is 9.95. The van der Waals surface area contributed by atoms with E-state index in [9.17, 15) is 13.2 Å². The van der Waals surface area contributed by atoms with E-state index in [0.29, 0.717) is 79.2 Å². The van der Waals surface area contributed by atoms with Crippen LogP contribution in [0.4, 0.5) is 5.82 Å². The number of aromatic nitrogens is 5. The highest BCUT2D eigenvalue weighted by Crippen LogP contribution is 2.33. The first kappa shape index (κ1) is 29.7. The highest BCUT2D eigenvalue weighted by Gasteiger charge is 2.30. The normalized spacial score (nSPS) is 15.0. The minimum Gasteiger partial charge on any atom is -0.493 e. The van der Waals surface area contributed by atoms with E-state index in [1.165, 1.54) is 13.6 Å². The van der Waals surface area contributed by atoms with Crippen LogP contribution in [0.15, 0.2) is 46.1 Å². The summed E-state index contributed by atoms with van der Waals surface area (Å²) in [6.07, 6.45) is 2.13. The Morgan fingerprint density at radius 3 is 2.43 bits per heavy atom. The van der Waals surface area contributed by atoms with Gasteiger partial charge >= 0.3 is 0 Å². The molecule has 3 aromatic heterocycles. The van der Waals surface area contributed by atoms with Gasteiger partial charge in [0.15, 0.2) is 11.3 Å². The lowest BCUT2D eigenvalue weighted by Crippen LogP contribution is -2.48. The number of nitrogens with zero attached hydrogens (tertiary/aromatic N) is 7. The average Bonchev–Trinajstić information content (AvgIpc) is 3.36. The molecule has 1 fully saturated rings. The first-order chi connectivity index (χ1) is 20.2. The Labute approximate surface area is 245 Å². The van der Waals surface area contributed by atoms with E-state index in [2.05, 4.69) is 16.8 Å². The maximum atomic E-state index is 14.0. The van der Waals surface area contributed by atoms with E-state index in [0.717, 1.165) is 19.4 Å². The van der Waals surface area contributed by atoms with Crippen LogP contribution in [0.2, 0.25) is 0 Å². The van der Waals surface area contributed by atoms with Crippen LogP contribution in [0.1, 0.15) is 39.3 Å². The van der Waals surface area contributed by atoms with Crippen molar-refractivity contribution < 1.29 is 13.2 Å². The molecule has 5 rings (SSSR count). The largest absolute Gasteiger partial charge is 0.493 e. The fourth-order valence-electron chi connectivity index (χ4n) is 5.19. The smallest absolute Gasteiger partial charge is 0.280 e. The van der Waals surface area contributed by atoms with Gasteiger partial charge < -0.3 is 15.4 Å². The molecule has 0 bridgehead atoms. The number of anilines is 1. The minimum absolute atomic E-state index is 0.133. The summed E-state index contributed by atoms with van der Waals surface area (Å²) < 4.78 is 37.9. The van der Waals surface area contributed by atoms with Gasteiger partial charge in [0.1, 0.15) is 22.9 Å². The van der Waals surface area contributed by atoms with E-state index in [1.807, 2.05) is 13.8 Å². The third-order valence-corrected chi connectivity index (χ3v) is 9.40. The molecule has 42 heavy (non-hydrogen) atoms. The lowest BCUT2D eigenvalue weighted by molar-refractivity contribution is 0.196. The molecule has 2 N–H and O–H groups in total. The van der Waals surface area contributed by atoms with Crippen LogP contribution in [-0.4, -0.2) is 81.3 Å². The quantitative estimate of drug-likeness (QED) is 0.293. The van der Waals surface area contributed by atoms with Crippen molar-refractivity contribution in [3.8, 4) is 23.0 Å². The van der Waals surface area contributed by atoms with Gasteiger partial charge in [0.05, 0.1) is 22.8 Å². The Hall–Kier alpha value is -3.81. The van der Waals surface area contributed by atoms with Gasteiger partial charge in [-0.3, -0.25) is 9.36 Å². The molecule has 0 aliphatic carbocycles. The summed E-state index contributed by atoms with van der Waals surface area (Å²) in [5.74, 6) is 1.47. The molecule has 0 spiro atoms. The predicted molar refractivity (Wildman–Crippen MR) is 162 cm³/mol. The van der Waals surface area contributed by atoms with Crippen LogP contribution in [0, 0.1) is 0 Å². The molecule has 4 heterocycles. The highest BCUT2D eigenvalue weighted by molar-refractivity contribution is 7.89. The molecule has 1 aromatic carbocycles. The number of nitrogen functional groups attached to an aromatic ring is 1. The molecular formula is C29H38N8O4S. The number of nitrogens with two attached hydrogens (primary N) is 1. The molecule has 0 radical (unpaired) electrons. The fraction of sp³-hybridized carbons (Fsp3) is 0.448. The van der Waals surface area contributed by atoms with Gasteiger partial charge in [-0.2, -0.15) is 9.40 Å². The minimum atomic E-state index is -3.78. The van der Waals surface area contributed by atoms with Crippen LogP contribution in [0.3, 0.4) is 0 Å². The second-order valence-corrected chi connectivity index (χ2v) is 12.3. The Morgan fingerprint density at radius 2 is 1.76 bits per heavy atom. The van der Waals surface area contributed by atoms with Crippen LogP contribution in [0.25, 0.3) is 28.2 Å². The molecule has 13 heteroatoms. The second-order valence-electron chi connectivity index (χ2n) is 10.4. The molecule has 1 aliphatic heterocycles. The summed E-state index contributed by atoms with van der Waals surface area (Å²) in [4.78, 5) is 25.6. The van der Waals surface area contributed by atoms with Gasteiger partial charge in [0.2, 0.25) is 10.0 Å². The summed E-state index contributed by atoms with van der Waals surface area (Å²) >= 11 is 0. The molecule has 4 aromatic rings. The van der Waals surface area contributed by atoms with Crippen molar-refractivity contribution in [2.45, 2.75) is 44.9 Å². The number of piperazine rings is 1. The van der Waals surface area contributed by atoms with Crippen molar-refractivity contribution >= 4 is 26.9 Å². The monoisotopic (exact) mass is 594 g/mol. The molecule has 1 saturated heterocycles. The van der Waals surface area contributed by atoms with Crippen LogP contribution in [0.5, 0.6) is 5.75 Å². The zero-order valence-corrected chi connectivity index (χ0v) is 25.4. The van der Waals surface area contributed by atoms with Crippen molar-refractivity contribution in [1.29, 1.82) is 0 Å². The van der Waals surface area contributed by atoms with Crippen molar-refractivity contribution in [3.63, 3.8) is 0 Å². The maximum Gasteiger partial charge on any atom is 0.280 e. The molecule has 1 aliphatic rings. The zero-order chi connectivity index (χ0) is 30.0. The Kier molecular flexibility index (Phi) is 8.62. The van der Waals surface area contributed by atoms with Gasteiger partial charge in [-0.1, -0.05) is 33.3 Å². The van der Waals surface area contributed by atoms with E-state index >= 15 is 0 Å². The highest BCUT2D eigenvalue weighted by atomic mass is 32.2.